The Kier molecular flexibility index (Phi) is 4.09. The van der Waals surface area contributed by atoms with Gasteiger partial charge in [-0.25, -0.2) is 0 Å². The van der Waals surface area contributed by atoms with Gasteiger partial charge in [-0.1, -0.05) is 22.0 Å². The van der Waals surface area contributed by atoms with Crippen molar-refractivity contribution in [3.05, 3.63) is 51.3 Å². The molecule has 0 fully saturated rings. The maximum atomic E-state index is 12.2. The van der Waals surface area contributed by atoms with Gasteiger partial charge < -0.3 is 15.4 Å². The largest absolute Gasteiger partial charge is 0.481 e. The highest BCUT2D eigenvalue weighted by molar-refractivity contribution is 9.10. The number of hydrogen-bond acceptors (Lipinski definition) is 2. The van der Waals surface area contributed by atoms with Crippen LogP contribution >= 0.6 is 15.9 Å². The van der Waals surface area contributed by atoms with E-state index in [2.05, 4.69) is 26.2 Å². The second-order valence-corrected chi connectivity index (χ2v) is 6.36. The van der Waals surface area contributed by atoms with Crippen LogP contribution < -0.4 is 5.32 Å². The molecule has 5 nitrogen and oxygen atoms in total. The van der Waals surface area contributed by atoms with E-state index >= 15 is 0 Å². The SMILES string of the molecule is Cc1c(CCC(=O)O)c[nH]c1C=C1C(=O)Nc2cc(Br)ccc21. The molecule has 1 aliphatic rings. The lowest BCUT2D eigenvalue weighted by atomic mass is 10.0. The van der Waals surface area contributed by atoms with Crippen LogP contribution in [0.4, 0.5) is 5.69 Å². The van der Waals surface area contributed by atoms with E-state index in [0.29, 0.717) is 12.0 Å². The zero-order valence-electron chi connectivity index (χ0n) is 12.4. The Balaban J connectivity index is 1.94. The second kappa shape index (κ2) is 6.04. The molecular formula is C17H15BrN2O3. The average Bonchev–Trinajstić information content (AvgIpc) is 2.98. The van der Waals surface area contributed by atoms with Gasteiger partial charge in [-0.2, -0.15) is 0 Å². The molecule has 0 saturated heterocycles. The number of amides is 1. The number of aliphatic carboxylic acids is 1. The molecule has 0 spiro atoms. The topological polar surface area (TPSA) is 82.2 Å². The second-order valence-electron chi connectivity index (χ2n) is 5.45. The van der Waals surface area contributed by atoms with Crippen LogP contribution in [-0.2, 0) is 16.0 Å². The van der Waals surface area contributed by atoms with E-state index in [0.717, 1.165) is 32.5 Å². The van der Waals surface area contributed by atoms with Crippen LogP contribution in [-0.4, -0.2) is 22.0 Å². The third kappa shape index (κ3) is 3.07. The summed E-state index contributed by atoms with van der Waals surface area (Å²) in [5.74, 6) is -0.959. The summed E-state index contributed by atoms with van der Waals surface area (Å²) >= 11 is 3.39. The number of anilines is 1. The summed E-state index contributed by atoms with van der Waals surface area (Å²) in [4.78, 5) is 26.0. The molecule has 2 aromatic rings. The van der Waals surface area contributed by atoms with Gasteiger partial charge in [0.25, 0.3) is 5.91 Å². The molecule has 1 aromatic carbocycles. The van der Waals surface area contributed by atoms with Gasteiger partial charge in [0, 0.05) is 28.3 Å². The minimum atomic E-state index is -0.819. The Morgan fingerprint density at radius 3 is 2.91 bits per heavy atom. The fourth-order valence-electron chi connectivity index (χ4n) is 2.66. The smallest absolute Gasteiger partial charge is 0.303 e. The minimum Gasteiger partial charge on any atom is -0.481 e. The zero-order valence-corrected chi connectivity index (χ0v) is 14.0. The zero-order chi connectivity index (χ0) is 16.6. The van der Waals surface area contributed by atoms with Crippen LogP contribution in [0.5, 0.6) is 0 Å². The van der Waals surface area contributed by atoms with Crippen molar-refractivity contribution in [3.8, 4) is 0 Å². The van der Waals surface area contributed by atoms with Crippen molar-refractivity contribution in [1.82, 2.24) is 4.98 Å². The molecule has 0 unspecified atom stereocenters. The van der Waals surface area contributed by atoms with E-state index in [1.165, 1.54) is 0 Å². The maximum absolute atomic E-state index is 12.2. The predicted octanol–water partition coefficient (Wildman–Crippen LogP) is 3.60. The first-order valence-electron chi connectivity index (χ1n) is 7.17. The number of nitrogens with one attached hydrogen (secondary N) is 2. The molecule has 0 atom stereocenters. The van der Waals surface area contributed by atoms with Crippen molar-refractivity contribution < 1.29 is 14.7 Å². The van der Waals surface area contributed by atoms with Gasteiger partial charge in [-0.15, -0.1) is 0 Å². The van der Waals surface area contributed by atoms with Crippen LogP contribution in [0.3, 0.4) is 0 Å². The first kappa shape index (κ1) is 15.6. The van der Waals surface area contributed by atoms with Crippen molar-refractivity contribution in [3.63, 3.8) is 0 Å². The summed E-state index contributed by atoms with van der Waals surface area (Å²) in [5.41, 5.74) is 4.99. The van der Waals surface area contributed by atoms with Gasteiger partial charge in [0.1, 0.15) is 0 Å². The number of fused-ring (bicyclic) bond motifs is 1. The van der Waals surface area contributed by atoms with E-state index in [1.807, 2.05) is 31.2 Å². The molecule has 1 aromatic heterocycles. The number of rotatable bonds is 4. The van der Waals surface area contributed by atoms with Gasteiger partial charge in [-0.3, -0.25) is 9.59 Å². The Bertz CT molecular complexity index is 836. The first-order valence-corrected chi connectivity index (χ1v) is 7.96. The molecular weight excluding hydrogens is 360 g/mol. The average molecular weight is 375 g/mol. The highest BCUT2D eigenvalue weighted by Gasteiger charge is 2.24. The normalized spacial score (nSPS) is 14.9. The highest BCUT2D eigenvalue weighted by Crippen LogP contribution is 2.35. The summed E-state index contributed by atoms with van der Waals surface area (Å²) in [5, 5.41) is 11.6. The number of carbonyl (C=O) groups excluding carboxylic acids is 1. The van der Waals surface area contributed by atoms with E-state index in [9.17, 15) is 9.59 Å². The summed E-state index contributed by atoms with van der Waals surface area (Å²) in [6, 6.07) is 5.66. The number of carboxylic acid groups (broad SMARTS) is 1. The monoisotopic (exact) mass is 374 g/mol. The molecule has 0 aliphatic carbocycles. The van der Waals surface area contributed by atoms with Gasteiger partial charge in [0.15, 0.2) is 0 Å². The molecule has 0 bridgehead atoms. The summed E-state index contributed by atoms with van der Waals surface area (Å²) in [7, 11) is 0. The van der Waals surface area contributed by atoms with Gasteiger partial charge in [0.05, 0.1) is 11.3 Å². The van der Waals surface area contributed by atoms with Crippen LogP contribution in [0.25, 0.3) is 11.6 Å². The van der Waals surface area contributed by atoms with Crippen molar-refractivity contribution in [1.29, 1.82) is 0 Å². The Morgan fingerprint density at radius 1 is 1.39 bits per heavy atom. The Hall–Kier alpha value is -2.34. The lowest BCUT2D eigenvalue weighted by Gasteiger charge is -2.00. The molecule has 1 amide bonds. The van der Waals surface area contributed by atoms with Crippen LogP contribution in [0.1, 0.15) is 28.8 Å². The number of H-pyrrole nitrogens is 1. The number of aromatic nitrogens is 1. The summed E-state index contributed by atoms with van der Waals surface area (Å²) in [6.07, 6.45) is 4.18. The van der Waals surface area contributed by atoms with Crippen molar-refractivity contribution >= 4 is 45.1 Å². The molecule has 23 heavy (non-hydrogen) atoms. The van der Waals surface area contributed by atoms with E-state index in [4.69, 9.17) is 5.11 Å². The standard InChI is InChI=1S/C17H15BrN2O3/c1-9-10(2-5-16(21)22)8-19-14(9)7-13-12-4-3-11(18)6-15(12)20-17(13)23/h3-4,6-8,19H,2,5H2,1H3,(H,20,23)(H,21,22). The third-order valence-electron chi connectivity index (χ3n) is 3.95. The molecule has 3 rings (SSSR count). The first-order chi connectivity index (χ1) is 11.0. The molecule has 3 N–H and O–H groups in total. The van der Waals surface area contributed by atoms with E-state index < -0.39 is 5.97 Å². The quantitative estimate of drug-likeness (QED) is 0.715. The Labute approximate surface area is 141 Å². The van der Waals surface area contributed by atoms with Gasteiger partial charge >= 0.3 is 5.97 Å². The fraction of sp³-hybridized carbons (Fsp3) is 0.176. The summed E-state index contributed by atoms with van der Waals surface area (Å²) in [6.45, 7) is 1.93. The highest BCUT2D eigenvalue weighted by atomic mass is 79.9. The summed E-state index contributed by atoms with van der Waals surface area (Å²) < 4.78 is 0.907. The molecule has 1 aliphatic heterocycles. The Morgan fingerprint density at radius 2 is 2.17 bits per heavy atom. The molecule has 0 saturated carbocycles. The number of aryl methyl sites for hydroxylation is 1. The number of aromatic amines is 1. The van der Waals surface area contributed by atoms with Crippen LogP contribution in [0, 0.1) is 6.92 Å². The minimum absolute atomic E-state index is 0.0893. The number of carboxylic acids is 1. The van der Waals surface area contributed by atoms with Crippen molar-refractivity contribution in [2.24, 2.45) is 0 Å². The van der Waals surface area contributed by atoms with Gasteiger partial charge in [-0.05, 0) is 42.7 Å². The van der Waals surface area contributed by atoms with Crippen molar-refractivity contribution in [2.75, 3.05) is 5.32 Å². The van der Waals surface area contributed by atoms with Crippen molar-refractivity contribution in [2.45, 2.75) is 19.8 Å². The van der Waals surface area contributed by atoms with E-state index in [1.54, 1.807) is 6.20 Å². The number of hydrogen-bond donors (Lipinski definition) is 3. The fourth-order valence-corrected chi connectivity index (χ4v) is 3.02. The lowest BCUT2D eigenvalue weighted by Crippen LogP contribution is -2.03. The number of halogens is 1. The van der Waals surface area contributed by atoms with E-state index in [-0.39, 0.29) is 12.3 Å². The third-order valence-corrected chi connectivity index (χ3v) is 4.44. The molecule has 6 heteroatoms. The number of carbonyl (C=O) groups is 2. The van der Waals surface area contributed by atoms with Crippen LogP contribution in [0.15, 0.2) is 28.9 Å². The molecule has 118 valence electrons. The predicted molar refractivity (Wildman–Crippen MR) is 92.1 cm³/mol. The number of benzene rings is 1. The molecule has 0 radical (unpaired) electrons. The lowest BCUT2D eigenvalue weighted by molar-refractivity contribution is -0.137. The maximum Gasteiger partial charge on any atom is 0.303 e. The van der Waals surface area contributed by atoms with Crippen LogP contribution in [0.2, 0.25) is 0 Å². The van der Waals surface area contributed by atoms with Gasteiger partial charge in [0.2, 0.25) is 0 Å². The molecule has 2 heterocycles.